The van der Waals surface area contributed by atoms with Gasteiger partial charge in [-0.3, -0.25) is 4.79 Å². The lowest BCUT2D eigenvalue weighted by Crippen LogP contribution is -2.23. The Balaban J connectivity index is 1.79. The number of para-hydroxylation sites is 1. The van der Waals surface area contributed by atoms with Crippen LogP contribution in [0.2, 0.25) is 0 Å². The molecular formula is C20H23N5O2S. The van der Waals surface area contributed by atoms with Crippen LogP contribution in [0.3, 0.4) is 0 Å². The zero-order chi connectivity index (χ0) is 20.3. The first-order chi connectivity index (χ1) is 13.4. The molecule has 0 saturated carbocycles. The molecule has 146 valence electrons. The van der Waals surface area contributed by atoms with Gasteiger partial charge in [-0.2, -0.15) is 4.68 Å². The molecule has 0 fully saturated rings. The average Bonchev–Trinajstić information content (AvgIpc) is 3.09. The molecule has 7 nitrogen and oxygen atoms in total. The van der Waals surface area contributed by atoms with Gasteiger partial charge >= 0.3 is 0 Å². The fourth-order valence-corrected chi connectivity index (χ4v) is 3.69. The minimum atomic E-state index is -0.403. The van der Waals surface area contributed by atoms with E-state index in [9.17, 15) is 4.79 Å². The molecule has 0 bridgehead atoms. The highest BCUT2D eigenvalue weighted by molar-refractivity contribution is 8.00. The van der Waals surface area contributed by atoms with Gasteiger partial charge in [-0.1, -0.05) is 36.0 Å². The van der Waals surface area contributed by atoms with Crippen molar-refractivity contribution in [2.75, 3.05) is 12.4 Å². The zero-order valence-electron chi connectivity index (χ0n) is 16.6. The minimum Gasteiger partial charge on any atom is -0.495 e. The van der Waals surface area contributed by atoms with E-state index in [0.717, 1.165) is 22.4 Å². The topological polar surface area (TPSA) is 81.9 Å². The monoisotopic (exact) mass is 397 g/mol. The smallest absolute Gasteiger partial charge is 0.237 e. The van der Waals surface area contributed by atoms with E-state index in [0.29, 0.717) is 16.6 Å². The van der Waals surface area contributed by atoms with Crippen LogP contribution in [-0.2, 0) is 4.79 Å². The van der Waals surface area contributed by atoms with Gasteiger partial charge in [0.25, 0.3) is 0 Å². The third kappa shape index (κ3) is 4.17. The molecule has 8 heteroatoms. The first-order valence-corrected chi connectivity index (χ1v) is 9.75. The molecule has 1 heterocycles. The van der Waals surface area contributed by atoms with Crippen LogP contribution in [0.4, 0.5) is 5.69 Å². The summed E-state index contributed by atoms with van der Waals surface area (Å²) in [4.78, 5) is 12.7. The van der Waals surface area contributed by atoms with E-state index in [4.69, 9.17) is 4.74 Å². The molecule has 1 amide bonds. The van der Waals surface area contributed by atoms with Gasteiger partial charge in [0.2, 0.25) is 11.1 Å². The summed E-state index contributed by atoms with van der Waals surface area (Å²) in [5.74, 6) is 0.474. The van der Waals surface area contributed by atoms with Crippen molar-refractivity contribution in [2.24, 2.45) is 0 Å². The van der Waals surface area contributed by atoms with Crippen molar-refractivity contribution >= 4 is 23.4 Å². The molecule has 0 spiro atoms. The predicted molar refractivity (Wildman–Crippen MR) is 110 cm³/mol. The van der Waals surface area contributed by atoms with Gasteiger partial charge in [0, 0.05) is 0 Å². The van der Waals surface area contributed by atoms with E-state index >= 15 is 0 Å². The molecule has 1 aromatic heterocycles. The number of benzene rings is 2. The largest absolute Gasteiger partial charge is 0.495 e. The standard InChI is InChI=1S/C20H23N5O2S/c1-12-9-10-17(27-5)16(11-12)21-19(26)15(4)28-20-22-23-24-25(20)18-13(2)7-6-8-14(18)3/h6-11,15H,1-5H3,(H,21,26)/t15-/m0/s1. The number of carbonyl (C=O) groups excluding carboxylic acids is 1. The number of nitrogens with zero attached hydrogens (tertiary/aromatic N) is 4. The molecular weight excluding hydrogens is 374 g/mol. The molecule has 1 N–H and O–H groups in total. The molecule has 0 aliphatic carbocycles. The van der Waals surface area contributed by atoms with Crippen LogP contribution in [0.15, 0.2) is 41.6 Å². The Morgan fingerprint density at radius 3 is 2.57 bits per heavy atom. The summed E-state index contributed by atoms with van der Waals surface area (Å²) in [6.45, 7) is 7.81. The second-order valence-corrected chi connectivity index (χ2v) is 7.87. The quantitative estimate of drug-likeness (QED) is 0.639. The summed E-state index contributed by atoms with van der Waals surface area (Å²) in [5.41, 5.74) is 4.75. The highest BCUT2D eigenvalue weighted by atomic mass is 32.2. The number of aromatic nitrogens is 4. The number of aryl methyl sites for hydroxylation is 3. The van der Waals surface area contributed by atoms with E-state index < -0.39 is 5.25 Å². The van der Waals surface area contributed by atoms with Crippen molar-refractivity contribution in [2.45, 2.75) is 38.1 Å². The van der Waals surface area contributed by atoms with Crippen molar-refractivity contribution < 1.29 is 9.53 Å². The summed E-state index contributed by atoms with van der Waals surface area (Å²) < 4.78 is 7.02. The Morgan fingerprint density at radius 2 is 1.89 bits per heavy atom. The van der Waals surface area contributed by atoms with Gasteiger partial charge in [0.05, 0.1) is 23.7 Å². The number of nitrogens with one attached hydrogen (secondary N) is 1. The third-order valence-corrected chi connectivity index (χ3v) is 5.39. The van der Waals surface area contributed by atoms with Crippen molar-refractivity contribution in [1.29, 1.82) is 0 Å². The molecule has 0 aliphatic heterocycles. The molecule has 0 saturated heterocycles. The Kier molecular flexibility index (Phi) is 5.99. The average molecular weight is 398 g/mol. The number of amides is 1. The van der Waals surface area contributed by atoms with Crippen LogP contribution in [0, 0.1) is 20.8 Å². The fourth-order valence-electron chi connectivity index (χ4n) is 2.90. The number of rotatable bonds is 6. The summed E-state index contributed by atoms with van der Waals surface area (Å²) in [6.07, 6.45) is 0. The van der Waals surface area contributed by atoms with E-state index in [2.05, 4.69) is 20.8 Å². The van der Waals surface area contributed by atoms with Gasteiger partial charge < -0.3 is 10.1 Å². The van der Waals surface area contributed by atoms with Gasteiger partial charge in [0.15, 0.2) is 0 Å². The lowest BCUT2D eigenvalue weighted by atomic mass is 10.1. The minimum absolute atomic E-state index is 0.148. The Labute approximate surface area is 168 Å². The van der Waals surface area contributed by atoms with Crippen LogP contribution in [-0.4, -0.2) is 38.5 Å². The first kappa shape index (κ1) is 19.9. The molecule has 1 atom stereocenters. The second kappa shape index (κ2) is 8.43. The number of thioether (sulfide) groups is 1. The van der Waals surface area contributed by atoms with Gasteiger partial charge in [0.1, 0.15) is 5.75 Å². The third-order valence-electron chi connectivity index (χ3n) is 4.36. The van der Waals surface area contributed by atoms with Gasteiger partial charge in [-0.15, -0.1) is 5.10 Å². The van der Waals surface area contributed by atoms with E-state index in [1.54, 1.807) is 11.8 Å². The number of anilines is 1. The van der Waals surface area contributed by atoms with Crippen LogP contribution < -0.4 is 10.1 Å². The van der Waals surface area contributed by atoms with Crippen molar-refractivity contribution in [3.63, 3.8) is 0 Å². The first-order valence-electron chi connectivity index (χ1n) is 8.88. The van der Waals surface area contributed by atoms with Crippen LogP contribution in [0.25, 0.3) is 5.69 Å². The van der Waals surface area contributed by atoms with E-state index in [-0.39, 0.29) is 5.91 Å². The van der Waals surface area contributed by atoms with Crippen molar-refractivity contribution in [3.05, 3.63) is 53.1 Å². The molecule has 3 aromatic rings. The second-order valence-electron chi connectivity index (χ2n) is 6.57. The van der Waals surface area contributed by atoms with E-state index in [1.165, 1.54) is 11.8 Å². The van der Waals surface area contributed by atoms with E-state index in [1.807, 2.05) is 64.1 Å². The Bertz CT molecular complexity index is 982. The number of ether oxygens (including phenoxy) is 1. The molecule has 28 heavy (non-hydrogen) atoms. The normalized spacial score (nSPS) is 11.9. The number of methoxy groups -OCH3 is 1. The summed E-state index contributed by atoms with van der Waals surface area (Å²) >= 11 is 1.31. The number of carbonyl (C=O) groups is 1. The molecule has 0 aliphatic rings. The van der Waals surface area contributed by atoms with Gasteiger partial charge in [-0.05, 0) is 66.9 Å². The highest BCUT2D eigenvalue weighted by Crippen LogP contribution is 2.29. The Hall–Kier alpha value is -2.87. The number of tetrazole rings is 1. The zero-order valence-corrected chi connectivity index (χ0v) is 17.4. The van der Waals surface area contributed by atoms with Gasteiger partial charge in [-0.25, -0.2) is 0 Å². The molecule has 0 unspecified atom stereocenters. The van der Waals surface area contributed by atoms with Crippen LogP contribution >= 0.6 is 11.8 Å². The fraction of sp³-hybridized carbons (Fsp3) is 0.300. The van der Waals surface area contributed by atoms with Crippen LogP contribution in [0.1, 0.15) is 23.6 Å². The van der Waals surface area contributed by atoms with Crippen LogP contribution in [0.5, 0.6) is 5.75 Å². The number of hydrogen-bond donors (Lipinski definition) is 1. The Morgan fingerprint density at radius 1 is 1.18 bits per heavy atom. The van der Waals surface area contributed by atoms with Crippen molar-refractivity contribution in [1.82, 2.24) is 20.2 Å². The van der Waals surface area contributed by atoms with Crippen molar-refractivity contribution in [3.8, 4) is 11.4 Å². The maximum absolute atomic E-state index is 12.7. The predicted octanol–water partition coefficient (Wildman–Crippen LogP) is 3.72. The SMILES string of the molecule is COc1ccc(C)cc1NC(=O)[C@H](C)Sc1nnnn1-c1c(C)cccc1C. The number of hydrogen-bond acceptors (Lipinski definition) is 6. The summed E-state index contributed by atoms with van der Waals surface area (Å²) in [6, 6.07) is 11.7. The molecule has 3 rings (SSSR count). The maximum atomic E-state index is 12.7. The highest BCUT2D eigenvalue weighted by Gasteiger charge is 2.21. The maximum Gasteiger partial charge on any atom is 0.237 e. The summed E-state index contributed by atoms with van der Waals surface area (Å²) in [5, 5.41) is 15.1. The molecule has 0 radical (unpaired) electrons. The lowest BCUT2D eigenvalue weighted by molar-refractivity contribution is -0.115. The molecule has 2 aromatic carbocycles. The summed E-state index contributed by atoms with van der Waals surface area (Å²) in [7, 11) is 1.58. The lowest BCUT2D eigenvalue weighted by Gasteiger charge is -2.15.